The molecule has 12 rings (SSSR count). The van der Waals surface area contributed by atoms with Gasteiger partial charge in [-0.1, -0.05) is 114 Å². The Morgan fingerprint density at radius 3 is 1.22 bits per heavy atom. The highest BCUT2D eigenvalue weighted by atomic mass is 16.2. The van der Waals surface area contributed by atoms with Crippen LogP contribution in [0.3, 0.4) is 0 Å². The SMILES string of the molecule is Cc1cc(C)c(-c2c3cccc(C#Cc4c5ccccc5cc5ccccc45)c3cc3c(C#Cc4c5cc6c(=O)[nH]c(=O)c6cc5cc5cc6c(=O)[nH]c(=O)c6cc45)cccc23)c(C)c1. The van der Waals surface area contributed by atoms with Crippen LogP contribution in [-0.4, -0.2) is 9.97 Å². The number of hydrogen-bond acceptors (Lipinski definition) is 4. The summed E-state index contributed by atoms with van der Waals surface area (Å²) in [5, 5.41) is 12.2. The van der Waals surface area contributed by atoms with Crippen LogP contribution in [0.5, 0.6) is 0 Å². The molecule has 0 saturated carbocycles. The normalized spacial score (nSPS) is 11.6. The Bertz CT molecular complexity index is 4300. The Kier molecular flexibility index (Phi) is 8.21. The zero-order valence-corrected chi connectivity index (χ0v) is 35.4. The van der Waals surface area contributed by atoms with E-state index in [1.54, 1.807) is 24.3 Å². The van der Waals surface area contributed by atoms with Crippen LogP contribution in [0.4, 0.5) is 0 Å². The molecule has 0 unspecified atom stereocenters. The fourth-order valence-electron chi connectivity index (χ4n) is 10.2. The van der Waals surface area contributed by atoms with Gasteiger partial charge >= 0.3 is 0 Å². The first-order chi connectivity index (χ1) is 31.6. The summed E-state index contributed by atoms with van der Waals surface area (Å²) in [6.45, 7) is 6.46. The number of H-pyrrole nitrogens is 2. The number of hydrogen-bond donors (Lipinski definition) is 2. The van der Waals surface area contributed by atoms with Crippen molar-refractivity contribution in [1.82, 2.24) is 9.97 Å². The van der Waals surface area contributed by atoms with Crippen LogP contribution >= 0.6 is 0 Å². The lowest BCUT2D eigenvalue weighted by Gasteiger charge is -2.18. The highest BCUT2D eigenvalue weighted by Gasteiger charge is 2.19. The Morgan fingerprint density at radius 1 is 0.323 bits per heavy atom. The number of aromatic nitrogens is 2. The van der Waals surface area contributed by atoms with Crippen molar-refractivity contribution in [2.75, 3.05) is 0 Å². The third-order valence-corrected chi connectivity index (χ3v) is 13.0. The number of aryl methyl sites for hydroxylation is 3. The minimum absolute atomic E-state index is 0.259. The first-order valence-electron chi connectivity index (χ1n) is 21.4. The quantitative estimate of drug-likeness (QED) is 0.127. The average Bonchev–Trinajstić information content (AvgIpc) is 3.74. The molecule has 0 aliphatic heterocycles. The molecule has 0 aliphatic carbocycles. The first-order valence-corrected chi connectivity index (χ1v) is 21.4. The van der Waals surface area contributed by atoms with Crippen molar-refractivity contribution in [2.45, 2.75) is 20.8 Å². The Morgan fingerprint density at radius 2 is 0.723 bits per heavy atom. The second-order valence-corrected chi connectivity index (χ2v) is 17.1. The average molecular weight is 835 g/mol. The second-order valence-electron chi connectivity index (χ2n) is 17.1. The molecule has 0 radical (unpaired) electrons. The van der Waals surface area contributed by atoms with Gasteiger partial charge in [0.05, 0.1) is 21.5 Å². The number of fused-ring (bicyclic) bond motifs is 8. The lowest BCUT2D eigenvalue weighted by molar-refractivity contribution is 1.26. The maximum atomic E-state index is 13.0. The van der Waals surface area contributed by atoms with Crippen molar-refractivity contribution in [3.05, 3.63) is 220 Å². The van der Waals surface area contributed by atoms with Gasteiger partial charge in [0.1, 0.15) is 0 Å². The molecule has 0 fully saturated rings. The molecule has 6 nitrogen and oxygen atoms in total. The van der Waals surface area contributed by atoms with Gasteiger partial charge in [-0.25, -0.2) is 0 Å². The summed E-state index contributed by atoms with van der Waals surface area (Å²) in [4.78, 5) is 56.4. The van der Waals surface area contributed by atoms with Crippen molar-refractivity contribution in [3.63, 3.8) is 0 Å². The van der Waals surface area contributed by atoms with E-state index in [1.807, 2.05) is 18.2 Å². The third-order valence-electron chi connectivity index (χ3n) is 13.0. The number of benzene rings is 10. The van der Waals surface area contributed by atoms with Gasteiger partial charge in [0, 0.05) is 22.3 Å². The second kappa shape index (κ2) is 14.1. The van der Waals surface area contributed by atoms with Crippen LogP contribution < -0.4 is 22.2 Å². The zero-order chi connectivity index (χ0) is 44.2. The van der Waals surface area contributed by atoms with Crippen LogP contribution in [0.15, 0.2) is 159 Å². The molecule has 12 aromatic rings. The predicted molar refractivity (Wildman–Crippen MR) is 267 cm³/mol. The molecule has 2 aromatic heterocycles. The number of rotatable bonds is 1. The molecule has 0 spiro atoms. The largest absolute Gasteiger partial charge is 0.288 e. The summed E-state index contributed by atoms with van der Waals surface area (Å²) in [6, 6.07) is 46.9. The van der Waals surface area contributed by atoms with E-state index in [1.165, 1.54) is 16.7 Å². The zero-order valence-electron chi connectivity index (χ0n) is 35.4. The number of aromatic amines is 2. The highest BCUT2D eigenvalue weighted by Crippen LogP contribution is 2.42. The van der Waals surface area contributed by atoms with Gasteiger partial charge in [0.25, 0.3) is 22.2 Å². The van der Waals surface area contributed by atoms with E-state index >= 15 is 0 Å². The third kappa shape index (κ3) is 5.86. The topological polar surface area (TPSA) is 99.9 Å². The van der Waals surface area contributed by atoms with Crippen LogP contribution in [0.1, 0.15) is 38.9 Å². The minimum atomic E-state index is -0.479. The summed E-state index contributed by atoms with van der Waals surface area (Å²) in [5.74, 6) is 14.3. The van der Waals surface area contributed by atoms with E-state index in [4.69, 9.17) is 0 Å². The molecule has 0 atom stereocenters. The monoisotopic (exact) mass is 834 g/mol. The van der Waals surface area contributed by atoms with Gasteiger partial charge in [0.15, 0.2) is 0 Å². The number of nitrogens with one attached hydrogen (secondary N) is 2. The lowest BCUT2D eigenvalue weighted by Crippen LogP contribution is -2.05. The van der Waals surface area contributed by atoms with E-state index in [2.05, 4.69) is 151 Å². The van der Waals surface area contributed by atoms with E-state index in [0.717, 1.165) is 70.9 Å². The summed E-state index contributed by atoms with van der Waals surface area (Å²) >= 11 is 0. The molecule has 10 aromatic carbocycles. The van der Waals surface area contributed by atoms with Crippen molar-refractivity contribution >= 4 is 86.2 Å². The summed E-state index contributed by atoms with van der Waals surface area (Å²) in [5.41, 5.74) is 7.09. The summed E-state index contributed by atoms with van der Waals surface area (Å²) in [7, 11) is 0. The molecule has 0 saturated heterocycles. The molecule has 65 heavy (non-hydrogen) atoms. The summed E-state index contributed by atoms with van der Waals surface area (Å²) < 4.78 is 0. The molecular formula is C59H34N2O4. The van der Waals surface area contributed by atoms with Gasteiger partial charge in [-0.2, -0.15) is 0 Å². The first kappa shape index (κ1) is 37.9. The van der Waals surface area contributed by atoms with Crippen LogP contribution in [-0.2, 0) is 0 Å². The predicted octanol–water partition coefficient (Wildman–Crippen LogP) is 11.3. The molecule has 2 heterocycles. The molecule has 304 valence electrons. The molecule has 6 heteroatoms. The van der Waals surface area contributed by atoms with Crippen LogP contribution in [0, 0.1) is 44.5 Å². The van der Waals surface area contributed by atoms with Gasteiger partial charge in [0.2, 0.25) is 0 Å². The van der Waals surface area contributed by atoms with Gasteiger partial charge in [-0.3, -0.25) is 29.1 Å². The smallest absolute Gasteiger partial charge is 0.258 e. The van der Waals surface area contributed by atoms with Crippen molar-refractivity contribution in [3.8, 4) is 34.8 Å². The highest BCUT2D eigenvalue weighted by molar-refractivity contribution is 6.17. The van der Waals surface area contributed by atoms with E-state index in [-0.39, 0.29) is 21.5 Å². The Hall–Kier alpha value is -8.84. The molecule has 0 bridgehead atoms. The maximum Gasteiger partial charge on any atom is 0.258 e. The molecule has 2 N–H and O–H groups in total. The molecule has 0 aliphatic rings. The van der Waals surface area contributed by atoms with Gasteiger partial charge in [-0.15, -0.1) is 0 Å². The van der Waals surface area contributed by atoms with Gasteiger partial charge in [-0.05, 0) is 162 Å². The summed E-state index contributed by atoms with van der Waals surface area (Å²) in [6.07, 6.45) is 0. The lowest BCUT2D eigenvalue weighted by atomic mass is 9.85. The van der Waals surface area contributed by atoms with Crippen molar-refractivity contribution < 1.29 is 0 Å². The maximum absolute atomic E-state index is 13.0. The van der Waals surface area contributed by atoms with Gasteiger partial charge < -0.3 is 0 Å². The fourth-order valence-corrected chi connectivity index (χ4v) is 10.2. The Balaban J connectivity index is 1.16. The van der Waals surface area contributed by atoms with Crippen LogP contribution in [0.25, 0.3) is 97.3 Å². The Labute approximate surface area is 370 Å². The van der Waals surface area contributed by atoms with E-state index < -0.39 is 22.2 Å². The van der Waals surface area contributed by atoms with Crippen molar-refractivity contribution in [1.29, 1.82) is 0 Å². The van der Waals surface area contributed by atoms with Crippen molar-refractivity contribution in [2.24, 2.45) is 0 Å². The van der Waals surface area contributed by atoms with Crippen LogP contribution in [0.2, 0.25) is 0 Å². The molecule has 0 amide bonds. The fraction of sp³-hybridized carbons (Fsp3) is 0.0508. The standard InChI is InChI=1S/C59H34N2O4/c1-31-22-32(2)54(33(3)23-31)55-44-16-8-12-34(18-20-42-40-14-6-4-10-36(40)24-37-11-5-7-15-41(37)42)46(44)28-47-35(13-9-17-45(47)55)19-21-43-48-29-52-50(56(62)60-58(52)64)26-38(48)25-39-27-51-53(30-49(39)43)59(65)61-57(51)63/h4-17,22-30H,1-3H3,(H,60,62,64)(H,61,63,65). The van der Waals surface area contributed by atoms with E-state index in [0.29, 0.717) is 27.1 Å². The van der Waals surface area contributed by atoms with E-state index in [9.17, 15) is 19.2 Å². The minimum Gasteiger partial charge on any atom is -0.288 e. The molecular weight excluding hydrogens is 801 g/mol.